The number of aryl methyl sites for hydroxylation is 1. The van der Waals surface area contributed by atoms with E-state index in [4.69, 9.17) is 20.9 Å². The summed E-state index contributed by atoms with van der Waals surface area (Å²) in [7, 11) is 0. The molecule has 0 bridgehead atoms. The number of carbonyl (C=O) groups excluding carboxylic acids is 1. The van der Waals surface area contributed by atoms with E-state index in [0.29, 0.717) is 42.9 Å². The number of nitrogens with one attached hydrogen (secondary N) is 1. The van der Waals surface area contributed by atoms with Crippen molar-refractivity contribution in [1.29, 1.82) is 0 Å². The number of hydrogen-bond donors (Lipinski definition) is 1. The van der Waals surface area contributed by atoms with Crippen LogP contribution in [0.25, 0.3) is 10.9 Å². The molecule has 1 atom stereocenters. The van der Waals surface area contributed by atoms with Crippen LogP contribution in [-0.2, 0) is 16.0 Å². The number of aromatic nitrogens is 3. The van der Waals surface area contributed by atoms with Gasteiger partial charge in [0.25, 0.3) is 0 Å². The van der Waals surface area contributed by atoms with Crippen molar-refractivity contribution >= 4 is 28.4 Å². The Morgan fingerprint density at radius 2 is 2.36 bits per heavy atom. The summed E-state index contributed by atoms with van der Waals surface area (Å²) in [5.74, 6) is 1.01. The first-order valence-corrected chi connectivity index (χ1v) is 8.43. The molecular weight excluding hydrogens is 344 g/mol. The number of hydrogen-bond acceptors (Lipinski definition) is 5. The van der Waals surface area contributed by atoms with Gasteiger partial charge in [-0.3, -0.25) is 4.79 Å². The minimum Gasteiger partial charge on any atom is -0.366 e. The van der Waals surface area contributed by atoms with E-state index in [1.165, 1.54) is 0 Å². The van der Waals surface area contributed by atoms with Gasteiger partial charge in [0, 0.05) is 35.6 Å². The molecule has 0 spiro atoms. The number of carbonyl (C=O) groups is 1. The van der Waals surface area contributed by atoms with Crippen molar-refractivity contribution in [2.75, 3.05) is 19.7 Å². The number of fused-ring (bicyclic) bond motifs is 1. The van der Waals surface area contributed by atoms with E-state index in [1.54, 1.807) is 11.8 Å². The molecule has 3 aromatic rings. The Hall–Kier alpha value is -2.38. The maximum atomic E-state index is 12.7. The van der Waals surface area contributed by atoms with Crippen molar-refractivity contribution in [1.82, 2.24) is 20.0 Å². The summed E-state index contributed by atoms with van der Waals surface area (Å²) in [5, 5.41) is 5.57. The lowest BCUT2D eigenvalue weighted by molar-refractivity contribution is -0.138. The van der Waals surface area contributed by atoms with Crippen LogP contribution in [0.5, 0.6) is 0 Å². The minimum absolute atomic E-state index is 0.0457. The predicted octanol–water partition coefficient (Wildman–Crippen LogP) is 2.66. The summed E-state index contributed by atoms with van der Waals surface area (Å²) in [4.78, 5) is 21.9. The highest BCUT2D eigenvalue weighted by molar-refractivity contribution is 6.31. The number of H-pyrrole nitrogens is 1. The average molecular weight is 361 g/mol. The topological polar surface area (TPSA) is 84.2 Å². The highest BCUT2D eigenvalue weighted by Crippen LogP contribution is 2.24. The molecule has 1 amide bonds. The minimum atomic E-state index is -0.350. The highest BCUT2D eigenvalue weighted by atomic mass is 35.5. The lowest BCUT2D eigenvalue weighted by Gasteiger charge is -2.31. The maximum Gasteiger partial charge on any atom is 0.227 e. The van der Waals surface area contributed by atoms with Crippen LogP contribution in [0.3, 0.4) is 0 Å². The van der Waals surface area contributed by atoms with Gasteiger partial charge in [-0.25, -0.2) is 0 Å². The number of nitrogens with zero attached hydrogens (tertiary/aromatic N) is 3. The summed E-state index contributed by atoms with van der Waals surface area (Å²) in [6.07, 6.45) is 1.83. The van der Waals surface area contributed by atoms with Crippen molar-refractivity contribution < 1.29 is 14.1 Å². The zero-order valence-corrected chi connectivity index (χ0v) is 14.4. The Labute approximate surface area is 148 Å². The Kier molecular flexibility index (Phi) is 4.19. The monoisotopic (exact) mass is 360 g/mol. The Morgan fingerprint density at radius 1 is 1.48 bits per heavy atom. The number of rotatable bonds is 3. The van der Waals surface area contributed by atoms with Gasteiger partial charge < -0.3 is 19.1 Å². The van der Waals surface area contributed by atoms with Crippen LogP contribution in [0.1, 0.15) is 23.4 Å². The Morgan fingerprint density at radius 3 is 3.16 bits per heavy atom. The van der Waals surface area contributed by atoms with E-state index in [1.807, 2.05) is 24.4 Å². The molecule has 0 aliphatic carbocycles. The molecule has 25 heavy (non-hydrogen) atoms. The molecule has 0 saturated carbocycles. The molecule has 3 heterocycles. The Balaban J connectivity index is 1.48. The molecule has 1 saturated heterocycles. The van der Waals surface area contributed by atoms with Gasteiger partial charge in [0.1, 0.15) is 6.10 Å². The largest absolute Gasteiger partial charge is 0.366 e. The zero-order chi connectivity index (χ0) is 17.4. The van der Waals surface area contributed by atoms with Gasteiger partial charge in [-0.1, -0.05) is 22.8 Å². The molecule has 1 aliphatic heterocycles. The predicted molar refractivity (Wildman–Crippen MR) is 91.3 cm³/mol. The van der Waals surface area contributed by atoms with Gasteiger partial charge in [0.15, 0.2) is 0 Å². The van der Waals surface area contributed by atoms with E-state index < -0.39 is 0 Å². The molecule has 7 nitrogen and oxygen atoms in total. The summed E-state index contributed by atoms with van der Waals surface area (Å²) < 4.78 is 10.7. The molecule has 1 N–H and O–H groups in total. The Bertz CT molecular complexity index is 920. The number of amides is 1. The first kappa shape index (κ1) is 16.1. The molecule has 2 aromatic heterocycles. The highest BCUT2D eigenvalue weighted by Gasteiger charge is 2.28. The number of morpholine rings is 1. The summed E-state index contributed by atoms with van der Waals surface area (Å²) >= 11 is 6.00. The van der Waals surface area contributed by atoms with Crippen LogP contribution in [0, 0.1) is 6.92 Å². The van der Waals surface area contributed by atoms with Crippen LogP contribution in [-0.4, -0.2) is 45.6 Å². The van der Waals surface area contributed by atoms with Crippen molar-refractivity contribution in [2.45, 2.75) is 19.4 Å². The summed E-state index contributed by atoms with van der Waals surface area (Å²) in [6.45, 7) is 3.16. The quantitative estimate of drug-likeness (QED) is 0.776. The molecule has 4 rings (SSSR count). The van der Waals surface area contributed by atoms with Crippen LogP contribution in [0.2, 0.25) is 5.02 Å². The van der Waals surface area contributed by atoms with E-state index in [-0.39, 0.29) is 12.0 Å². The van der Waals surface area contributed by atoms with Crippen molar-refractivity contribution in [3.63, 3.8) is 0 Å². The third-order valence-electron chi connectivity index (χ3n) is 4.32. The smallest absolute Gasteiger partial charge is 0.227 e. The van der Waals surface area contributed by atoms with Crippen molar-refractivity contribution in [3.8, 4) is 0 Å². The van der Waals surface area contributed by atoms with Gasteiger partial charge in [0.2, 0.25) is 17.6 Å². The molecular formula is C17H17ClN4O3. The average Bonchev–Trinajstić information content (AvgIpc) is 3.21. The SMILES string of the molecule is Cc1nc(C2CN(C(=O)Cc3c[nH]c4cc(Cl)ccc34)CCO2)no1. The second-order valence-electron chi connectivity index (χ2n) is 6.05. The van der Waals surface area contributed by atoms with Gasteiger partial charge in [-0.2, -0.15) is 4.98 Å². The van der Waals surface area contributed by atoms with E-state index in [9.17, 15) is 4.79 Å². The van der Waals surface area contributed by atoms with E-state index >= 15 is 0 Å². The van der Waals surface area contributed by atoms with Gasteiger partial charge in [-0.15, -0.1) is 0 Å². The van der Waals surface area contributed by atoms with Gasteiger partial charge in [0.05, 0.1) is 19.6 Å². The zero-order valence-electron chi connectivity index (χ0n) is 13.7. The lowest BCUT2D eigenvalue weighted by atomic mass is 10.1. The summed E-state index contributed by atoms with van der Waals surface area (Å²) in [5.41, 5.74) is 1.88. The summed E-state index contributed by atoms with van der Waals surface area (Å²) in [6, 6.07) is 5.62. The van der Waals surface area contributed by atoms with Crippen molar-refractivity contribution in [2.24, 2.45) is 0 Å². The number of benzene rings is 1. The lowest BCUT2D eigenvalue weighted by Crippen LogP contribution is -2.43. The van der Waals surface area contributed by atoms with E-state index in [0.717, 1.165) is 16.5 Å². The van der Waals surface area contributed by atoms with Crippen LogP contribution >= 0.6 is 11.6 Å². The van der Waals surface area contributed by atoms with Gasteiger partial charge in [-0.05, 0) is 17.7 Å². The molecule has 1 fully saturated rings. The molecule has 130 valence electrons. The first-order valence-electron chi connectivity index (χ1n) is 8.05. The third kappa shape index (κ3) is 3.25. The maximum absolute atomic E-state index is 12.7. The second kappa shape index (κ2) is 6.50. The van der Waals surface area contributed by atoms with Crippen molar-refractivity contribution in [3.05, 3.63) is 46.7 Å². The third-order valence-corrected chi connectivity index (χ3v) is 4.56. The number of halogens is 1. The number of aromatic amines is 1. The molecule has 8 heteroatoms. The normalized spacial score (nSPS) is 18.0. The number of ether oxygens (including phenoxy) is 1. The van der Waals surface area contributed by atoms with Crippen LogP contribution < -0.4 is 0 Å². The molecule has 1 aromatic carbocycles. The molecule has 1 unspecified atom stereocenters. The fraction of sp³-hybridized carbons (Fsp3) is 0.353. The molecule has 1 aliphatic rings. The second-order valence-corrected chi connectivity index (χ2v) is 6.49. The fourth-order valence-electron chi connectivity index (χ4n) is 3.06. The first-order chi connectivity index (χ1) is 12.1. The van der Waals surface area contributed by atoms with Crippen LogP contribution in [0.4, 0.5) is 0 Å². The van der Waals surface area contributed by atoms with Gasteiger partial charge >= 0.3 is 0 Å². The van der Waals surface area contributed by atoms with E-state index in [2.05, 4.69) is 15.1 Å². The standard InChI is InChI=1S/C17H17ClN4O3/c1-10-20-17(21-25-10)15-9-22(4-5-24-15)16(23)6-11-8-19-14-7-12(18)2-3-13(11)14/h2-3,7-8,15,19H,4-6,9H2,1H3. The fourth-order valence-corrected chi connectivity index (χ4v) is 3.23. The van der Waals surface area contributed by atoms with Crippen LogP contribution in [0.15, 0.2) is 28.9 Å². The molecule has 0 radical (unpaired) electrons.